The molecule has 1 rings (SSSR count). The third-order valence-electron chi connectivity index (χ3n) is 2.16. The Morgan fingerprint density at radius 1 is 1.50 bits per heavy atom. The SMILES string of the molecule is CCC(CN)Oc1cc(F)ccc1C. The molecule has 0 heterocycles. The van der Waals surface area contributed by atoms with Crippen molar-refractivity contribution < 1.29 is 9.13 Å². The van der Waals surface area contributed by atoms with Crippen molar-refractivity contribution in [2.75, 3.05) is 6.54 Å². The summed E-state index contributed by atoms with van der Waals surface area (Å²) in [5.41, 5.74) is 6.43. The monoisotopic (exact) mass is 197 g/mol. The molecule has 1 aromatic rings. The summed E-state index contributed by atoms with van der Waals surface area (Å²) in [6, 6.07) is 4.52. The molecule has 0 aliphatic heterocycles. The molecule has 1 atom stereocenters. The van der Waals surface area contributed by atoms with Crippen molar-refractivity contribution >= 4 is 0 Å². The summed E-state index contributed by atoms with van der Waals surface area (Å²) in [6.07, 6.45) is 0.794. The van der Waals surface area contributed by atoms with E-state index in [2.05, 4.69) is 0 Å². The van der Waals surface area contributed by atoms with Crippen LogP contribution in [0.25, 0.3) is 0 Å². The highest BCUT2D eigenvalue weighted by atomic mass is 19.1. The van der Waals surface area contributed by atoms with E-state index in [9.17, 15) is 4.39 Å². The van der Waals surface area contributed by atoms with Gasteiger partial charge in [-0.15, -0.1) is 0 Å². The lowest BCUT2D eigenvalue weighted by atomic mass is 10.2. The number of ether oxygens (including phenoxy) is 1. The van der Waals surface area contributed by atoms with Gasteiger partial charge < -0.3 is 10.5 Å². The van der Waals surface area contributed by atoms with Crippen LogP contribution in [-0.4, -0.2) is 12.6 Å². The topological polar surface area (TPSA) is 35.2 Å². The van der Waals surface area contributed by atoms with Gasteiger partial charge in [0.25, 0.3) is 0 Å². The van der Waals surface area contributed by atoms with Crippen LogP contribution in [0.1, 0.15) is 18.9 Å². The summed E-state index contributed by atoms with van der Waals surface area (Å²) in [4.78, 5) is 0. The lowest BCUT2D eigenvalue weighted by molar-refractivity contribution is 0.203. The normalized spacial score (nSPS) is 12.6. The summed E-state index contributed by atoms with van der Waals surface area (Å²) in [6.45, 7) is 4.33. The second-order valence-corrected chi connectivity index (χ2v) is 3.29. The van der Waals surface area contributed by atoms with E-state index in [-0.39, 0.29) is 11.9 Å². The highest BCUT2D eigenvalue weighted by Crippen LogP contribution is 2.20. The molecule has 0 aromatic heterocycles. The van der Waals surface area contributed by atoms with Crippen LogP contribution in [-0.2, 0) is 0 Å². The quantitative estimate of drug-likeness (QED) is 0.803. The molecule has 0 spiro atoms. The molecule has 0 radical (unpaired) electrons. The number of rotatable bonds is 4. The molecule has 0 amide bonds. The van der Waals surface area contributed by atoms with Crippen molar-refractivity contribution in [1.29, 1.82) is 0 Å². The van der Waals surface area contributed by atoms with Gasteiger partial charge in [-0.1, -0.05) is 13.0 Å². The van der Waals surface area contributed by atoms with Crippen LogP contribution >= 0.6 is 0 Å². The minimum Gasteiger partial charge on any atom is -0.489 e. The van der Waals surface area contributed by atoms with Gasteiger partial charge in [-0.2, -0.15) is 0 Å². The molecule has 14 heavy (non-hydrogen) atoms. The average Bonchev–Trinajstić information content (AvgIpc) is 2.19. The Bertz CT molecular complexity index is 297. The molecule has 0 bridgehead atoms. The van der Waals surface area contributed by atoms with Gasteiger partial charge in [0.1, 0.15) is 17.7 Å². The highest BCUT2D eigenvalue weighted by Gasteiger charge is 2.08. The molecule has 3 heteroatoms. The molecule has 2 nitrogen and oxygen atoms in total. The third kappa shape index (κ3) is 2.70. The van der Waals surface area contributed by atoms with Crippen LogP contribution in [0, 0.1) is 12.7 Å². The highest BCUT2D eigenvalue weighted by molar-refractivity contribution is 5.32. The molecule has 2 N–H and O–H groups in total. The summed E-state index contributed by atoms with van der Waals surface area (Å²) >= 11 is 0. The molecule has 0 aliphatic rings. The van der Waals surface area contributed by atoms with Gasteiger partial charge in [-0.05, 0) is 25.0 Å². The van der Waals surface area contributed by atoms with E-state index in [1.165, 1.54) is 12.1 Å². The first-order chi connectivity index (χ1) is 6.67. The number of benzene rings is 1. The second kappa shape index (κ2) is 4.96. The molecule has 0 saturated heterocycles. The van der Waals surface area contributed by atoms with Gasteiger partial charge >= 0.3 is 0 Å². The van der Waals surface area contributed by atoms with E-state index in [4.69, 9.17) is 10.5 Å². The largest absolute Gasteiger partial charge is 0.489 e. The summed E-state index contributed by atoms with van der Waals surface area (Å²) in [5.74, 6) is 0.305. The molecule has 1 unspecified atom stereocenters. The van der Waals surface area contributed by atoms with Gasteiger partial charge in [-0.3, -0.25) is 0 Å². The standard InChI is InChI=1S/C11H16FNO/c1-3-10(7-13)14-11-6-9(12)5-4-8(11)2/h4-6,10H,3,7,13H2,1-2H3. The number of hydrogen-bond acceptors (Lipinski definition) is 2. The molecule has 1 aromatic carbocycles. The Hall–Kier alpha value is -1.09. The number of halogens is 1. The lowest BCUT2D eigenvalue weighted by Crippen LogP contribution is -2.26. The fourth-order valence-electron chi connectivity index (χ4n) is 1.18. The molecule has 78 valence electrons. The van der Waals surface area contributed by atoms with Crippen LogP contribution in [0.3, 0.4) is 0 Å². The zero-order valence-corrected chi connectivity index (χ0v) is 8.59. The van der Waals surface area contributed by atoms with Crippen LogP contribution in [0.5, 0.6) is 5.75 Å². The maximum Gasteiger partial charge on any atom is 0.126 e. The zero-order chi connectivity index (χ0) is 10.6. The summed E-state index contributed by atoms with van der Waals surface area (Å²) in [5, 5.41) is 0. The maximum absolute atomic E-state index is 12.9. The van der Waals surface area contributed by atoms with Crippen molar-refractivity contribution in [1.82, 2.24) is 0 Å². The van der Waals surface area contributed by atoms with Gasteiger partial charge in [0, 0.05) is 12.6 Å². The van der Waals surface area contributed by atoms with Crippen LogP contribution in [0.4, 0.5) is 4.39 Å². The van der Waals surface area contributed by atoms with Gasteiger partial charge in [0.05, 0.1) is 0 Å². The number of aryl methyl sites for hydroxylation is 1. The predicted molar refractivity (Wildman–Crippen MR) is 54.9 cm³/mol. The number of hydrogen-bond donors (Lipinski definition) is 1. The predicted octanol–water partition coefficient (Wildman–Crippen LogP) is 2.25. The number of nitrogens with two attached hydrogens (primary N) is 1. The van der Waals surface area contributed by atoms with Crippen molar-refractivity contribution in [2.45, 2.75) is 26.4 Å². The minimum atomic E-state index is -0.280. The van der Waals surface area contributed by atoms with E-state index in [0.29, 0.717) is 12.3 Å². The fraction of sp³-hybridized carbons (Fsp3) is 0.455. The summed E-state index contributed by atoms with van der Waals surface area (Å²) in [7, 11) is 0. The Kier molecular flexibility index (Phi) is 3.89. The Morgan fingerprint density at radius 2 is 2.21 bits per heavy atom. The van der Waals surface area contributed by atoms with Gasteiger partial charge in [-0.25, -0.2) is 4.39 Å². The maximum atomic E-state index is 12.9. The Balaban J connectivity index is 2.79. The summed E-state index contributed by atoms with van der Waals surface area (Å²) < 4.78 is 18.5. The minimum absolute atomic E-state index is 0.0319. The van der Waals surface area contributed by atoms with E-state index < -0.39 is 0 Å². The van der Waals surface area contributed by atoms with Crippen LogP contribution < -0.4 is 10.5 Å². The third-order valence-corrected chi connectivity index (χ3v) is 2.16. The molecular weight excluding hydrogens is 181 g/mol. The van der Waals surface area contributed by atoms with E-state index in [1.54, 1.807) is 6.07 Å². The van der Waals surface area contributed by atoms with Crippen molar-refractivity contribution in [2.24, 2.45) is 5.73 Å². The van der Waals surface area contributed by atoms with Crippen molar-refractivity contribution in [3.8, 4) is 5.75 Å². The van der Waals surface area contributed by atoms with Gasteiger partial charge in [0.15, 0.2) is 0 Å². The molecule has 0 fully saturated rings. The van der Waals surface area contributed by atoms with Crippen molar-refractivity contribution in [3.63, 3.8) is 0 Å². The van der Waals surface area contributed by atoms with E-state index >= 15 is 0 Å². The Labute approximate surface area is 83.9 Å². The van der Waals surface area contributed by atoms with Crippen molar-refractivity contribution in [3.05, 3.63) is 29.6 Å². The fourth-order valence-corrected chi connectivity index (χ4v) is 1.18. The van der Waals surface area contributed by atoms with Gasteiger partial charge in [0.2, 0.25) is 0 Å². The molecular formula is C11H16FNO. The molecule has 0 aliphatic carbocycles. The Morgan fingerprint density at radius 3 is 2.79 bits per heavy atom. The first kappa shape index (κ1) is 11.0. The average molecular weight is 197 g/mol. The van der Waals surface area contributed by atoms with Crippen LogP contribution in [0.2, 0.25) is 0 Å². The lowest BCUT2D eigenvalue weighted by Gasteiger charge is -2.17. The zero-order valence-electron chi connectivity index (χ0n) is 8.59. The first-order valence-corrected chi connectivity index (χ1v) is 4.80. The van der Waals surface area contributed by atoms with E-state index in [0.717, 1.165) is 12.0 Å². The first-order valence-electron chi connectivity index (χ1n) is 4.80. The second-order valence-electron chi connectivity index (χ2n) is 3.29. The van der Waals surface area contributed by atoms with E-state index in [1.807, 2.05) is 13.8 Å². The smallest absolute Gasteiger partial charge is 0.126 e. The van der Waals surface area contributed by atoms with Crippen LogP contribution in [0.15, 0.2) is 18.2 Å². The molecule has 0 saturated carbocycles.